The maximum Gasteiger partial charge on any atom is 0.306 e. The van der Waals surface area contributed by atoms with Gasteiger partial charge in [-0.05, 0) is 47.8 Å². The first-order chi connectivity index (χ1) is 29.3. The molecule has 0 aliphatic rings. The maximum atomic E-state index is 12.5. The molecule has 0 aromatic heterocycles. The van der Waals surface area contributed by atoms with E-state index in [1.54, 1.807) is 6.08 Å². The number of ether oxygens (including phenoxy) is 13. The summed E-state index contributed by atoms with van der Waals surface area (Å²) in [6.45, 7) is 30.8. The lowest BCUT2D eigenvalue weighted by Crippen LogP contribution is -2.25. The molecule has 0 saturated carbocycles. The Kier molecular flexibility index (Phi) is 33.6. The van der Waals surface area contributed by atoms with Crippen LogP contribution in [0.3, 0.4) is 0 Å². The van der Waals surface area contributed by atoms with Gasteiger partial charge in [-0.1, -0.05) is 59.8 Å². The molecule has 0 amide bonds. The summed E-state index contributed by atoms with van der Waals surface area (Å²) in [5, 5.41) is 11.0. The molecule has 2 unspecified atom stereocenters. The van der Waals surface area contributed by atoms with E-state index in [9.17, 15) is 9.90 Å². The molecule has 0 spiro atoms. The van der Waals surface area contributed by atoms with Crippen LogP contribution in [0.1, 0.15) is 78.5 Å². The highest BCUT2D eigenvalue weighted by atomic mass is 16.6. The molecule has 61 heavy (non-hydrogen) atoms. The molecule has 0 fully saturated rings. The predicted octanol–water partition coefficient (Wildman–Crippen LogP) is 5.63. The zero-order chi connectivity index (χ0) is 45.0. The number of hydrogen-bond acceptors (Lipinski definition) is 15. The first kappa shape index (κ1) is 56.8. The lowest BCUT2D eigenvalue weighted by atomic mass is 9.78. The fourth-order valence-electron chi connectivity index (χ4n) is 5.36. The Bertz CT molecular complexity index is 1180. The normalized spacial score (nSPS) is 13.1. The van der Waals surface area contributed by atoms with E-state index in [2.05, 4.69) is 48.1 Å². The molecule has 0 radical (unpaired) electrons. The molecule has 0 aliphatic carbocycles. The average molecular weight is 875 g/mol. The molecule has 356 valence electrons. The van der Waals surface area contributed by atoms with Crippen LogP contribution in [0, 0.1) is 0 Å². The Balaban J connectivity index is 1.87. The van der Waals surface area contributed by atoms with E-state index in [4.69, 9.17) is 61.6 Å². The van der Waals surface area contributed by atoms with Crippen molar-refractivity contribution >= 4 is 5.97 Å². The molecular weight excluding hydrogens is 792 g/mol. The number of benzene rings is 1. The number of hydrogen-bond donors (Lipinski definition) is 1. The Morgan fingerprint density at radius 1 is 0.541 bits per heavy atom. The van der Waals surface area contributed by atoms with Crippen LogP contribution in [0.4, 0.5) is 0 Å². The van der Waals surface area contributed by atoms with E-state index in [1.165, 1.54) is 0 Å². The van der Waals surface area contributed by atoms with Crippen molar-refractivity contribution in [2.75, 3.05) is 152 Å². The summed E-state index contributed by atoms with van der Waals surface area (Å²) in [5.41, 5.74) is 2.33. The van der Waals surface area contributed by atoms with Crippen molar-refractivity contribution in [2.45, 2.75) is 91.3 Å². The SMILES string of the molecule is C=CCOCCOCCOCCOCCOCCOCCOCCOCCOCCOCCOC(C)COC(C)COC(=O)CCc1cc(C(C)(C)C)c(O)c(C(C)(C)C)c1. The third-order valence-corrected chi connectivity index (χ3v) is 8.71. The van der Waals surface area contributed by atoms with Crippen molar-refractivity contribution in [1.82, 2.24) is 0 Å². The van der Waals surface area contributed by atoms with Gasteiger partial charge in [0.15, 0.2) is 0 Å². The van der Waals surface area contributed by atoms with E-state index in [0.29, 0.717) is 158 Å². The molecule has 1 aromatic carbocycles. The number of aryl methyl sites for hydroxylation is 1. The van der Waals surface area contributed by atoms with Gasteiger partial charge < -0.3 is 66.7 Å². The first-order valence-corrected chi connectivity index (χ1v) is 21.9. The minimum atomic E-state index is -0.282. The summed E-state index contributed by atoms with van der Waals surface area (Å²) in [7, 11) is 0. The molecule has 2 atom stereocenters. The fourth-order valence-corrected chi connectivity index (χ4v) is 5.36. The van der Waals surface area contributed by atoms with Gasteiger partial charge in [0.05, 0.1) is 158 Å². The Labute approximate surface area is 367 Å². The number of carbonyl (C=O) groups is 1. The topological polar surface area (TPSA) is 157 Å². The number of carbonyl (C=O) groups excluding carboxylic acids is 1. The predicted molar refractivity (Wildman–Crippen MR) is 234 cm³/mol. The minimum absolute atomic E-state index is 0.139. The van der Waals surface area contributed by atoms with Crippen LogP contribution in [-0.4, -0.2) is 175 Å². The zero-order valence-electron chi connectivity index (χ0n) is 38.9. The molecule has 1 N–H and O–H groups in total. The van der Waals surface area contributed by atoms with E-state index < -0.39 is 0 Å². The molecule has 1 rings (SSSR count). The molecule has 0 bridgehead atoms. The van der Waals surface area contributed by atoms with Crippen molar-refractivity contribution < 1.29 is 71.5 Å². The lowest BCUT2D eigenvalue weighted by Gasteiger charge is -2.28. The second-order valence-electron chi connectivity index (χ2n) is 16.4. The van der Waals surface area contributed by atoms with E-state index in [1.807, 2.05) is 26.0 Å². The van der Waals surface area contributed by atoms with Gasteiger partial charge >= 0.3 is 5.97 Å². The van der Waals surface area contributed by atoms with Crippen LogP contribution in [0.2, 0.25) is 0 Å². The lowest BCUT2D eigenvalue weighted by molar-refractivity contribution is -0.148. The van der Waals surface area contributed by atoms with Crippen molar-refractivity contribution in [3.63, 3.8) is 0 Å². The summed E-state index contributed by atoms with van der Waals surface area (Å²) in [6.07, 6.45) is 2.08. The molecule has 15 heteroatoms. The van der Waals surface area contributed by atoms with Crippen LogP contribution in [0.15, 0.2) is 24.8 Å². The summed E-state index contributed by atoms with van der Waals surface area (Å²) < 4.78 is 71.7. The Hall–Kier alpha value is -2.25. The number of rotatable bonds is 41. The summed E-state index contributed by atoms with van der Waals surface area (Å²) in [5.74, 6) is 0.0530. The molecule has 0 heterocycles. The Morgan fingerprint density at radius 2 is 0.869 bits per heavy atom. The number of phenols is 1. The van der Waals surface area contributed by atoms with Gasteiger partial charge in [0.2, 0.25) is 0 Å². The highest BCUT2D eigenvalue weighted by Crippen LogP contribution is 2.40. The molecule has 0 saturated heterocycles. The standard InChI is InChI=1S/C46H82O15/c1-10-13-49-14-15-50-16-17-51-18-19-52-20-21-53-22-23-54-24-25-55-26-27-56-28-29-57-30-31-58-32-33-59-38(2)36-60-39(3)37-61-43(47)12-11-40-34-41(45(4,5)6)44(48)42(35-40)46(7,8)9/h10,34-35,38-39,48H,1,11-33,36-37H2,2-9H3. The highest BCUT2D eigenvalue weighted by Gasteiger charge is 2.26. The van der Waals surface area contributed by atoms with E-state index in [-0.39, 0.29) is 42.0 Å². The Morgan fingerprint density at radius 3 is 1.21 bits per heavy atom. The molecule has 0 aliphatic heterocycles. The third kappa shape index (κ3) is 32.1. The minimum Gasteiger partial charge on any atom is -0.507 e. The third-order valence-electron chi connectivity index (χ3n) is 8.71. The van der Waals surface area contributed by atoms with Crippen LogP contribution in [0.25, 0.3) is 0 Å². The van der Waals surface area contributed by atoms with Gasteiger partial charge in [-0.15, -0.1) is 6.58 Å². The average Bonchev–Trinajstić information content (AvgIpc) is 3.21. The van der Waals surface area contributed by atoms with Crippen molar-refractivity contribution in [3.05, 3.63) is 41.5 Å². The number of aromatic hydroxyl groups is 1. The summed E-state index contributed by atoms with van der Waals surface area (Å²) in [6, 6.07) is 4.01. The summed E-state index contributed by atoms with van der Waals surface area (Å²) in [4.78, 5) is 12.5. The molecular formula is C46H82O15. The number of esters is 1. The molecule has 1 aromatic rings. The highest BCUT2D eigenvalue weighted by molar-refractivity contribution is 5.69. The van der Waals surface area contributed by atoms with Gasteiger partial charge in [-0.3, -0.25) is 4.79 Å². The first-order valence-electron chi connectivity index (χ1n) is 21.9. The van der Waals surface area contributed by atoms with Crippen LogP contribution in [-0.2, 0) is 83.6 Å². The largest absolute Gasteiger partial charge is 0.507 e. The van der Waals surface area contributed by atoms with Crippen LogP contribution in [0.5, 0.6) is 5.75 Å². The van der Waals surface area contributed by atoms with E-state index in [0.717, 1.165) is 16.7 Å². The maximum absolute atomic E-state index is 12.5. The molecule has 15 nitrogen and oxygen atoms in total. The van der Waals surface area contributed by atoms with Crippen LogP contribution >= 0.6 is 0 Å². The zero-order valence-corrected chi connectivity index (χ0v) is 38.9. The van der Waals surface area contributed by atoms with Crippen molar-refractivity contribution in [2.24, 2.45) is 0 Å². The van der Waals surface area contributed by atoms with Crippen molar-refractivity contribution in [3.8, 4) is 5.75 Å². The van der Waals surface area contributed by atoms with Gasteiger partial charge in [0.25, 0.3) is 0 Å². The van der Waals surface area contributed by atoms with Gasteiger partial charge in [0, 0.05) is 6.42 Å². The summed E-state index contributed by atoms with van der Waals surface area (Å²) >= 11 is 0. The van der Waals surface area contributed by atoms with Gasteiger partial charge in [-0.2, -0.15) is 0 Å². The second-order valence-corrected chi connectivity index (χ2v) is 16.4. The van der Waals surface area contributed by atoms with E-state index >= 15 is 0 Å². The van der Waals surface area contributed by atoms with Gasteiger partial charge in [0.1, 0.15) is 12.4 Å². The van der Waals surface area contributed by atoms with Crippen molar-refractivity contribution in [1.29, 1.82) is 0 Å². The van der Waals surface area contributed by atoms with Crippen LogP contribution < -0.4 is 0 Å². The quantitative estimate of drug-likeness (QED) is 0.0491. The second kappa shape index (κ2) is 36.1. The fraction of sp³-hybridized carbons (Fsp3) is 0.804. The number of phenolic OH excluding ortho intramolecular Hbond substituents is 1. The monoisotopic (exact) mass is 875 g/mol. The smallest absolute Gasteiger partial charge is 0.306 e. The van der Waals surface area contributed by atoms with Gasteiger partial charge in [-0.25, -0.2) is 0 Å².